The van der Waals surface area contributed by atoms with E-state index in [2.05, 4.69) is 5.32 Å². The van der Waals surface area contributed by atoms with Crippen LogP contribution in [-0.2, 0) is 16.2 Å². The molecule has 1 saturated carbocycles. The lowest BCUT2D eigenvalue weighted by atomic mass is 10.1. The van der Waals surface area contributed by atoms with E-state index in [0.717, 1.165) is 18.5 Å². The van der Waals surface area contributed by atoms with E-state index in [1.807, 2.05) is 0 Å². The molecule has 0 atom stereocenters. The summed E-state index contributed by atoms with van der Waals surface area (Å²) in [4.78, 5) is -0.523. The van der Waals surface area contributed by atoms with Crippen molar-refractivity contribution in [3.8, 4) is 0 Å². The molecule has 4 nitrogen and oxygen atoms in total. The van der Waals surface area contributed by atoms with Crippen molar-refractivity contribution in [1.82, 2.24) is 9.62 Å². The molecular weight excluding hydrogens is 396 g/mol. The van der Waals surface area contributed by atoms with Crippen LogP contribution in [0.15, 0.2) is 23.1 Å². The van der Waals surface area contributed by atoms with E-state index in [9.17, 15) is 26.0 Å². The van der Waals surface area contributed by atoms with Gasteiger partial charge in [-0.3, -0.25) is 0 Å². The van der Waals surface area contributed by atoms with Crippen LogP contribution in [-0.4, -0.2) is 38.4 Å². The number of alkyl halides is 3. The lowest BCUT2D eigenvalue weighted by molar-refractivity contribution is -0.140. The van der Waals surface area contributed by atoms with Gasteiger partial charge in [-0.25, -0.2) is 12.8 Å². The van der Waals surface area contributed by atoms with Crippen LogP contribution in [0.2, 0.25) is 0 Å². The molecule has 3 rings (SSSR count). The fraction of sp³-hybridized carbons (Fsp3) is 0.625. The zero-order valence-corrected chi connectivity index (χ0v) is 15.6. The van der Waals surface area contributed by atoms with Crippen LogP contribution in [0.25, 0.3) is 0 Å². The topological polar surface area (TPSA) is 49.4 Å². The predicted molar refractivity (Wildman–Crippen MR) is 91.2 cm³/mol. The number of nitrogens with one attached hydrogen (secondary N) is 1. The number of hydrogen-bond acceptors (Lipinski definition) is 3. The smallest absolute Gasteiger partial charge is 0.314 e. The van der Waals surface area contributed by atoms with E-state index in [4.69, 9.17) is 0 Å². The molecule has 1 heterocycles. The molecule has 1 aromatic carbocycles. The summed E-state index contributed by atoms with van der Waals surface area (Å²) < 4.78 is 78.1. The maximum absolute atomic E-state index is 13.4. The van der Waals surface area contributed by atoms with Gasteiger partial charge in [0, 0.05) is 19.1 Å². The molecule has 0 unspecified atom stereocenters. The van der Waals surface area contributed by atoms with Gasteiger partial charge in [-0.1, -0.05) is 0 Å². The van der Waals surface area contributed by atoms with E-state index in [-0.39, 0.29) is 31.5 Å². The van der Waals surface area contributed by atoms with Crippen molar-refractivity contribution in [2.24, 2.45) is 5.92 Å². The largest absolute Gasteiger partial charge is 0.419 e. The number of halogens is 5. The van der Waals surface area contributed by atoms with Gasteiger partial charge in [0.2, 0.25) is 10.0 Å². The third kappa shape index (κ3) is 4.88. The summed E-state index contributed by atoms with van der Waals surface area (Å²) in [5.41, 5.74) is -1.56. The highest BCUT2D eigenvalue weighted by atomic mass is 35.5. The third-order valence-corrected chi connectivity index (χ3v) is 6.62. The first kappa shape index (κ1) is 21.4. The summed E-state index contributed by atoms with van der Waals surface area (Å²) in [6, 6.07) is 2.05. The van der Waals surface area contributed by atoms with Crippen molar-refractivity contribution in [2.75, 3.05) is 19.6 Å². The lowest BCUT2D eigenvalue weighted by Gasteiger charge is -2.32. The summed E-state index contributed by atoms with van der Waals surface area (Å²) in [7, 11) is -4.07. The standard InChI is InChI=1S/C16H20F4N2O2S.ClH/c17-15-4-3-13(9-14(15)16(18,19)20)25(23,24)22-7-5-12(6-8-22)21-10-11-1-2-11;/h3-4,9,11-12,21H,1-2,5-8,10H2;1H. The summed E-state index contributed by atoms with van der Waals surface area (Å²) in [5, 5.41) is 3.41. The molecule has 0 bridgehead atoms. The minimum Gasteiger partial charge on any atom is -0.314 e. The van der Waals surface area contributed by atoms with Crippen LogP contribution in [0.4, 0.5) is 17.6 Å². The molecule has 0 radical (unpaired) electrons. The first-order chi connectivity index (χ1) is 11.7. The summed E-state index contributed by atoms with van der Waals surface area (Å²) >= 11 is 0. The second-order valence-corrected chi connectivity index (χ2v) is 8.61. The highest BCUT2D eigenvalue weighted by molar-refractivity contribution is 7.89. The molecule has 2 aliphatic rings. The monoisotopic (exact) mass is 416 g/mol. The number of rotatable bonds is 5. The normalized spacial score (nSPS) is 20.0. The Morgan fingerprint density at radius 3 is 2.27 bits per heavy atom. The van der Waals surface area contributed by atoms with E-state index < -0.39 is 32.5 Å². The first-order valence-corrected chi connectivity index (χ1v) is 9.72. The molecule has 1 saturated heterocycles. The molecule has 26 heavy (non-hydrogen) atoms. The lowest BCUT2D eigenvalue weighted by Crippen LogP contribution is -2.45. The van der Waals surface area contributed by atoms with Crippen molar-refractivity contribution in [1.29, 1.82) is 0 Å². The van der Waals surface area contributed by atoms with Crippen LogP contribution in [0, 0.1) is 11.7 Å². The van der Waals surface area contributed by atoms with Crippen LogP contribution < -0.4 is 5.32 Å². The predicted octanol–water partition coefficient (Wildman–Crippen LogP) is 3.42. The molecule has 10 heteroatoms. The van der Waals surface area contributed by atoms with Gasteiger partial charge < -0.3 is 5.32 Å². The average molecular weight is 417 g/mol. The number of nitrogens with zero attached hydrogens (tertiary/aromatic N) is 1. The summed E-state index contributed by atoms with van der Waals surface area (Å²) in [6.07, 6.45) is -1.26. The molecule has 148 valence electrons. The second-order valence-electron chi connectivity index (χ2n) is 6.67. The van der Waals surface area contributed by atoms with Crippen LogP contribution in [0.1, 0.15) is 31.2 Å². The molecule has 2 fully saturated rings. The Hall–Kier alpha value is -0.900. The van der Waals surface area contributed by atoms with E-state index in [1.54, 1.807) is 0 Å². The van der Waals surface area contributed by atoms with Gasteiger partial charge in [-0.05, 0) is 56.3 Å². The molecule has 0 aromatic heterocycles. The van der Waals surface area contributed by atoms with Crippen molar-refractivity contribution in [2.45, 2.75) is 42.8 Å². The molecule has 0 amide bonds. The van der Waals surface area contributed by atoms with E-state index in [1.165, 1.54) is 17.1 Å². The maximum Gasteiger partial charge on any atom is 0.419 e. The quantitative estimate of drug-likeness (QED) is 0.748. The molecule has 1 aromatic rings. The minimum atomic E-state index is -4.94. The zero-order valence-electron chi connectivity index (χ0n) is 13.9. The van der Waals surface area contributed by atoms with Gasteiger partial charge in [-0.15, -0.1) is 12.4 Å². The second kappa shape index (κ2) is 8.00. The highest BCUT2D eigenvalue weighted by Gasteiger charge is 2.37. The van der Waals surface area contributed by atoms with Gasteiger partial charge in [0.1, 0.15) is 5.82 Å². The van der Waals surface area contributed by atoms with Crippen LogP contribution in [0.3, 0.4) is 0 Å². The molecule has 1 aliphatic heterocycles. The van der Waals surface area contributed by atoms with Crippen molar-refractivity contribution in [3.05, 3.63) is 29.6 Å². The Kier molecular flexibility index (Phi) is 6.58. The molecule has 1 N–H and O–H groups in total. The summed E-state index contributed by atoms with van der Waals surface area (Å²) in [6.45, 7) is 1.41. The SMILES string of the molecule is Cl.O=S(=O)(c1ccc(F)c(C(F)(F)F)c1)N1CCC(NCC2CC2)CC1. The molecule has 0 spiro atoms. The van der Waals surface area contributed by atoms with E-state index in [0.29, 0.717) is 25.0 Å². The van der Waals surface area contributed by atoms with Gasteiger partial charge >= 0.3 is 6.18 Å². The maximum atomic E-state index is 13.4. The average Bonchev–Trinajstić information content (AvgIpc) is 3.37. The van der Waals surface area contributed by atoms with Gasteiger partial charge in [0.25, 0.3) is 0 Å². The fourth-order valence-electron chi connectivity index (χ4n) is 2.99. The zero-order chi connectivity index (χ0) is 18.2. The number of hydrogen-bond donors (Lipinski definition) is 1. The van der Waals surface area contributed by atoms with Crippen LogP contribution >= 0.6 is 12.4 Å². The minimum absolute atomic E-state index is 0. The molecule has 1 aliphatic carbocycles. The Labute approximate surface area is 156 Å². The van der Waals surface area contributed by atoms with Crippen molar-refractivity contribution < 1.29 is 26.0 Å². The van der Waals surface area contributed by atoms with Crippen LogP contribution in [0.5, 0.6) is 0 Å². The van der Waals surface area contributed by atoms with Crippen molar-refractivity contribution in [3.63, 3.8) is 0 Å². The Bertz CT molecular complexity index is 730. The third-order valence-electron chi connectivity index (χ3n) is 4.73. The first-order valence-electron chi connectivity index (χ1n) is 8.28. The Morgan fingerprint density at radius 2 is 1.73 bits per heavy atom. The van der Waals surface area contributed by atoms with Gasteiger partial charge in [0.15, 0.2) is 0 Å². The Morgan fingerprint density at radius 1 is 1.12 bits per heavy atom. The number of benzene rings is 1. The molecular formula is C16H21ClF4N2O2S. The fourth-order valence-corrected chi connectivity index (χ4v) is 4.48. The number of piperidine rings is 1. The van der Waals surface area contributed by atoms with E-state index >= 15 is 0 Å². The number of sulfonamides is 1. The highest BCUT2D eigenvalue weighted by Crippen LogP contribution is 2.34. The summed E-state index contributed by atoms with van der Waals surface area (Å²) in [5.74, 6) is -0.754. The Balaban J connectivity index is 0.00000243. The van der Waals surface area contributed by atoms with Gasteiger partial charge in [0.05, 0.1) is 10.5 Å². The van der Waals surface area contributed by atoms with Crippen molar-refractivity contribution >= 4 is 22.4 Å². The van der Waals surface area contributed by atoms with Gasteiger partial charge in [-0.2, -0.15) is 17.5 Å².